The summed E-state index contributed by atoms with van der Waals surface area (Å²) in [5.74, 6) is -1.31. The number of aromatic hydroxyl groups is 1. The lowest BCUT2D eigenvalue weighted by Crippen LogP contribution is -2.15. The highest BCUT2D eigenvalue weighted by atomic mass is 35.5. The van der Waals surface area contributed by atoms with Gasteiger partial charge in [-0.1, -0.05) is 35.9 Å². The van der Waals surface area contributed by atoms with Gasteiger partial charge in [0.15, 0.2) is 11.5 Å². The van der Waals surface area contributed by atoms with Crippen molar-refractivity contribution in [2.75, 3.05) is 14.2 Å². The number of benzene rings is 2. The Labute approximate surface area is 139 Å². The Morgan fingerprint density at radius 3 is 2.39 bits per heavy atom. The van der Waals surface area contributed by atoms with E-state index >= 15 is 0 Å². The number of halogens is 1. The van der Waals surface area contributed by atoms with Crippen LogP contribution in [-0.4, -0.2) is 30.4 Å². The van der Waals surface area contributed by atoms with E-state index < -0.39 is 11.9 Å². The third kappa shape index (κ3) is 3.51. The fraction of sp³-hybridized carbons (Fsp3) is 0.235. The van der Waals surface area contributed by atoms with Crippen LogP contribution >= 0.6 is 11.6 Å². The molecule has 0 saturated heterocycles. The highest BCUT2D eigenvalue weighted by Gasteiger charge is 2.25. The molecule has 0 aromatic heterocycles. The smallest absolute Gasteiger partial charge is 0.311 e. The summed E-state index contributed by atoms with van der Waals surface area (Å²) in [7, 11) is 2.91. The number of carbonyl (C=O) groups is 1. The van der Waals surface area contributed by atoms with Crippen molar-refractivity contribution in [1.82, 2.24) is 0 Å². The van der Waals surface area contributed by atoms with E-state index in [9.17, 15) is 15.0 Å². The lowest BCUT2D eigenvalue weighted by atomic mass is 9.91. The van der Waals surface area contributed by atoms with Crippen molar-refractivity contribution in [3.8, 4) is 17.2 Å². The summed E-state index contributed by atoms with van der Waals surface area (Å²) in [6.45, 7) is 0. The molecule has 0 aliphatic rings. The van der Waals surface area contributed by atoms with Crippen molar-refractivity contribution >= 4 is 17.6 Å². The van der Waals surface area contributed by atoms with E-state index in [1.165, 1.54) is 14.2 Å². The minimum Gasteiger partial charge on any atom is -0.503 e. The van der Waals surface area contributed by atoms with Gasteiger partial charge in [-0.25, -0.2) is 0 Å². The maximum absolute atomic E-state index is 11.7. The molecule has 0 aliphatic carbocycles. The Morgan fingerprint density at radius 2 is 1.78 bits per heavy atom. The molecule has 0 saturated carbocycles. The normalized spacial score (nSPS) is 11.8. The molecule has 2 aromatic carbocycles. The highest BCUT2D eigenvalue weighted by Crippen LogP contribution is 2.39. The minimum absolute atomic E-state index is 0.0884. The summed E-state index contributed by atoms with van der Waals surface area (Å²) >= 11 is 6.13. The number of para-hydroxylation sites is 1. The van der Waals surface area contributed by atoms with E-state index in [-0.39, 0.29) is 22.9 Å². The first-order valence-electron chi connectivity index (χ1n) is 6.89. The van der Waals surface area contributed by atoms with E-state index in [1.54, 1.807) is 36.4 Å². The van der Waals surface area contributed by atoms with Crippen LogP contribution < -0.4 is 9.47 Å². The summed E-state index contributed by atoms with van der Waals surface area (Å²) < 4.78 is 10.2. The molecule has 6 heteroatoms. The second-order valence-corrected chi connectivity index (χ2v) is 5.30. The maximum Gasteiger partial charge on any atom is 0.311 e. The average Bonchev–Trinajstić information content (AvgIpc) is 2.56. The first-order chi connectivity index (χ1) is 11.0. The number of rotatable bonds is 6. The SMILES string of the molecule is COc1ccccc1C(Cc1ccc(OC)c(O)c1Cl)C(=O)O. The molecule has 0 amide bonds. The summed E-state index contributed by atoms with van der Waals surface area (Å²) in [5, 5.41) is 19.6. The summed E-state index contributed by atoms with van der Waals surface area (Å²) in [4.78, 5) is 11.7. The lowest BCUT2D eigenvalue weighted by Gasteiger charge is -2.17. The highest BCUT2D eigenvalue weighted by molar-refractivity contribution is 6.33. The van der Waals surface area contributed by atoms with E-state index in [0.717, 1.165) is 0 Å². The molecule has 0 spiro atoms. The number of phenols is 1. The van der Waals surface area contributed by atoms with Crippen LogP contribution in [0.25, 0.3) is 0 Å². The molecule has 23 heavy (non-hydrogen) atoms. The first kappa shape index (κ1) is 17.0. The van der Waals surface area contributed by atoms with Crippen LogP contribution in [0.15, 0.2) is 36.4 Å². The van der Waals surface area contributed by atoms with Gasteiger partial charge in [-0.2, -0.15) is 0 Å². The van der Waals surface area contributed by atoms with Gasteiger partial charge in [-0.15, -0.1) is 0 Å². The van der Waals surface area contributed by atoms with Gasteiger partial charge in [-0.3, -0.25) is 4.79 Å². The van der Waals surface area contributed by atoms with Gasteiger partial charge in [0.05, 0.1) is 25.2 Å². The molecular weight excluding hydrogens is 320 g/mol. The van der Waals surface area contributed by atoms with Crippen LogP contribution in [0.2, 0.25) is 5.02 Å². The second kappa shape index (κ2) is 7.24. The van der Waals surface area contributed by atoms with Crippen LogP contribution in [0.4, 0.5) is 0 Å². The molecule has 0 bridgehead atoms. The van der Waals surface area contributed by atoms with Gasteiger partial charge >= 0.3 is 5.97 Å². The molecule has 1 unspecified atom stereocenters. The summed E-state index contributed by atoms with van der Waals surface area (Å²) in [6.07, 6.45) is 0.117. The zero-order valence-electron chi connectivity index (χ0n) is 12.7. The summed E-state index contributed by atoms with van der Waals surface area (Å²) in [5.41, 5.74) is 1.07. The Bertz CT molecular complexity index is 714. The van der Waals surface area contributed by atoms with Gasteiger partial charge in [0.25, 0.3) is 0 Å². The molecule has 0 radical (unpaired) electrons. The number of phenolic OH excluding ortho intramolecular Hbond substituents is 1. The number of aliphatic carboxylic acids is 1. The van der Waals surface area contributed by atoms with Gasteiger partial charge < -0.3 is 19.7 Å². The van der Waals surface area contributed by atoms with E-state index in [0.29, 0.717) is 16.9 Å². The minimum atomic E-state index is -0.999. The molecule has 122 valence electrons. The molecule has 2 N–H and O–H groups in total. The number of ether oxygens (including phenoxy) is 2. The largest absolute Gasteiger partial charge is 0.503 e. The Balaban J connectivity index is 2.42. The quantitative estimate of drug-likeness (QED) is 0.844. The first-order valence-corrected chi connectivity index (χ1v) is 7.27. The van der Waals surface area contributed by atoms with Gasteiger partial charge in [0.2, 0.25) is 0 Å². The lowest BCUT2D eigenvalue weighted by molar-refractivity contribution is -0.138. The number of carboxylic acid groups (broad SMARTS) is 1. The van der Waals surface area contributed by atoms with E-state index in [1.807, 2.05) is 0 Å². The number of methoxy groups -OCH3 is 2. The molecule has 0 fully saturated rings. The zero-order valence-corrected chi connectivity index (χ0v) is 13.5. The average molecular weight is 337 g/mol. The van der Waals surface area contributed by atoms with Crippen LogP contribution in [-0.2, 0) is 11.2 Å². The van der Waals surface area contributed by atoms with Gasteiger partial charge in [-0.05, 0) is 24.1 Å². The van der Waals surface area contributed by atoms with Crippen LogP contribution in [0, 0.1) is 0 Å². The van der Waals surface area contributed by atoms with Crippen LogP contribution in [0.1, 0.15) is 17.0 Å². The van der Waals surface area contributed by atoms with Crippen LogP contribution in [0.3, 0.4) is 0 Å². The van der Waals surface area contributed by atoms with E-state index in [4.69, 9.17) is 21.1 Å². The predicted molar refractivity (Wildman–Crippen MR) is 86.7 cm³/mol. The Morgan fingerprint density at radius 1 is 1.13 bits per heavy atom. The predicted octanol–water partition coefficient (Wildman–Crippen LogP) is 3.47. The van der Waals surface area contributed by atoms with Crippen molar-refractivity contribution in [2.45, 2.75) is 12.3 Å². The monoisotopic (exact) mass is 336 g/mol. The van der Waals surface area contributed by atoms with Gasteiger partial charge in [0.1, 0.15) is 5.75 Å². The summed E-state index contributed by atoms with van der Waals surface area (Å²) in [6, 6.07) is 10.1. The molecule has 0 aliphatic heterocycles. The fourth-order valence-electron chi connectivity index (χ4n) is 2.42. The van der Waals surface area contributed by atoms with Crippen molar-refractivity contribution in [1.29, 1.82) is 0 Å². The van der Waals surface area contributed by atoms with E-state index in [2.05, 4.69) is 0 Å². The third-order valence-corrected chi connectivity index (χ3v) is 4.04. The molecule has 2 aromatic rings. The second-order valence-electron chi connectivity index (χ2n) is 4.93. The van der Waals surface area contributed by atoms with Crippen molar-refractivity contribution in [2.24, 2.45) is 0 Å². The molecule has 0 heterocycles. The third-order valence-electron chi connectivity index (χ3n) is 3.62. The standard InChI is InChI=1S/C17H17ClO5/c1-22-13-6-4-3-5-11(13)12(17(20)21)9-10-7-8-14(23-2)16(19)15(10)18/h3-8,12,19H,9H2,1-2H3,(H,20,21). The zero-order chi connectivity index (χ0) is 17.0. The van der Waals surface area contributed by atoms with Crippen molar-refractivity contribution in [3.05, 3.63) is 52.5 Å². The Hall–Kier alpha value is -2.40. The van der Waals surface area contributed by atoms with Crippen LogP contribution in [0.5, 0.6) is 17.2 Å². The van der Waals surface area contributed by atoms with Crippen molar-refractivity contribution < 1.29 is 24.5 Å². The number of hydrogen-bond acceptors (Lipinski definition) is 4. The van der Waals surface area contributed by atoms with Crippen molar-refractivity contribution in [3.63, 3.8) is 0 Å². The Kier molecular flexibility index (Phi) is 5.34. The molecule has 2 rings (SSSR count). The van der Waals surface area contributed by atoms with Gasteiger partial charge in [0, 0.05) is 5.56 Å². The molecule has 5 nitrogen and oxygen atoms in total. The topological polar surface area (TPSA) is 76.0 Å². The fourth-order valence-corrected chi connectivity index (χ4v) is 2.65. The molecular formula is C17H17ClO5. The maximum atomic E-state index is 11.7. The number of hydrogen-bond donors (Lipinski definition) is 2. The number of carboxylic acids is 1. The molecule has 1 atom stereocenters.